The van der Waals surface area contributed by atoms with Crippen LogP contribution < -0.4 is 15.4 Å². The molecular weight excluding hydrogens is 492 g/mol. The van der Waals surface area contributed by atoms with E-state index in [1.54, 1.807) is 14.2 Å². The van der Waals surface area contributed by atoms with Crippen LogP contribution in [0.25, 0.3) is 33.2 Å². The normalized spacial score (nSPS) is 12.1. The van der Waals surface area contributed by atoms with Gasteiger partial charge in [-0.15, -0.1) is 0 Å². The van der Waals surface area contributed by atoms with Gasteiger partial charge in [-0.3, -0.25) is 4.68 Å². The molecule has 0 spiro atoms. The van der Waals surface area contributed by atoms with Gasteiger partial charge in [0.1, 0.15) is 24.4 Å². The zero-order valence-electron chi connectivity index (χ0n) is 22.8. The van der Waals surface area contributed by atoms with Crippen LogP contribution in [0.5, 0.6) is 5.75 Å². The van der Waals surface area contributed by atoms with E-state index in [4.69, 9.17) is 24.2 Å². The molecule has 0 bridgehead atoms. The number of fused-ring (bicyclic) bond motifs is 2. The number of benzene rings is 3. The number of nitrogens with one attached hydrogen (secondary N) is 2. The van der Waals surface area contributed by atoms with Crippen molar-refractivity contribution < 1.29 is 14.2 Å². The van der Waals surface area contributed by atoms with Crippen LogP contribution in [0.15, 0.2) is 66.9 Å². The van der Waals surface area contributed by atoms with Gasteiger partial charge in [0.25, 0.3) is 0 Å². The maximum atomic E-state index is 5.88. The van der Waals surface area contributed by atoms with E-state index in [1.807, 2.05) is 66.5 Å². The minimum atomic E-state index is -0.0566. The molecule has 5 aromatic rings. The molecule has 2 aromatic heterocycles. The summed E-state index contributed by atoms with van der Waals surface area (Å²) in [6, 6.07) is 20.1. The van der Waals surface area contributed by atoms with Crippen molar-refractivity contribution in [3.8, 4) is 17.1 Å². The topological polar surface area (TPSA) is 95.4 Å². The van der Waals surface area contributed by atoms with Crippen molar-refractivity contribution in [1.82, 2.24) is 19.7 Å². The van der Waals surface area contributed by atoms with Crippen molar-refractivity contribution >= 4 is 39.0 Å². The molecule has 1 atom stereocenters. The van der Waals surface area contributed by atoms with Crippen LogP contribution in [0.2, 0.25) is 0 Å². The molecule has 0 amide bonds. The maximum Gasteiger partial charge on any atom is 0.162 e. The number of anilines is 3. The van der Waals surface area contributed by atoms with Crippen LogP contribution in [-0.4, -0.2) is 53.4 Å². The average Bonchev–Trinajstić information content (AvgIpc) is 3.32. The first-order chi connectivity index (χ1) is 19.1. The lowest BCUT2D eigenvalue weighted by atomic mass is 10.1. The van der Waals surface area contributed by atoms with Crippen LogP contribution in [-0.2, 0) is 16.5 Å². The van der Waals surface area contributed by atoms with Crippen LogP contribution in [0.1, 0.15) is 19.8 Å². The van der Waals surface area contributed by atoms with Gasteiger partial charge in [0.15, 0.2) is 5.82 Å². The summed E-state index contributed by atoms with van der Waals surface area (Å²) >= 11 is 0. The highest BCUT2D eigenvalue weighted by atomic mass is 16.5. The van der Waals surface area contributed by atoms with E-state index in [1.165, 1.54) is 0 Å². The molecule has 0 aliphatic heterocycles. The minimum absolute atomic E-state index is 0.0566. The van der Waals surface area contributed by atoms with Crippen molar-refractivity contribution in [3.63, 3.8) is 0 Å². The van der Waals surface area contributed by atoms with Crippen LogP contribution in [0.4, 0.5) is 17.2 Å². The van der Waals surface area contributed by atoms with E-state index < -0.39 is 0 Å². The fourth-order valence-corrected chi connectivity index (χ4v) is 4.49. The molecule has 0 saturated heterocycles. The SMILES string of the molecule is CCCC(Nc1cccc(-c2nc(Nc3ccc4c(cnn4C)c3)c3cc(OCCOC)ccc3n2)c1)OC. The van der Waals surface area contributed by atoms with Crippen LogP contribution in [0, 0.1) is 0 Å². The van der Waals surface area contributed by atoms with Gasteiger partial charge >= 0.3 is 0 Å². The molecule has 39 heavy (non-hydrogen) atoms. The Balaban J connectivity index is 1.54. The van der Waals surface area contributed by atoms with Crippen molar-refractivity contribution in [2.45, 2.75) is 26.0 Å². The van der Waals surface area contributed by atoms with Crippen molar-refractivity contribution in [1.29, 1.82) is 0 Å². The monoisotopic (exact) mass is 526 g/mol. The van der Waals surface area contributed by atoms with E-state index in [-0.39, 0.29) is 6.23 Å². The zero-order valence-corrected chi connectivity index (χ0v) is 22.8. The zero-order chi connectivity index (χ0) is 27.2. The summed E-state index contributed by atoms with van der Waals surface area (Å²) in [5.74, 6) is 2.04. The highest BCUT2D eigenvalue weighted by Gasteiger charge is 2.14. The summed E-state index contributed by atoms with van der Waals surface area (Å²) in [5, 5.41) is 13.2. The third-order valence-corrected chi connectivity index (χ3v) is 6.52. The quantitative estimate of drug-likeness (QED) is 0.148. The van der Waals surface area contributed by atoms with E-state index in [0.717, 1.165) is 57.3 Å². The van der Waals surface area contributed by atoms with E-state index in [2.05, 4.69) is 34.8 Å². The second-order valence-corrected chi connectivity index (χ2v) is 9.32. The lowest BCUT2D eigenvalue weighted by Crippen LogP contribution is -2.21. The first kappa shape index (κ1) is 26.4. The Hall–Kier alpha value is -4.21. The Morgan fingerprint density at radius 2 is 1.85 bits per heavy atom. The molecule has 0 saturated carbocycles. The van der Waals surface area contributed by atoms with Gasteiger partial charge in [0.2, 0.25) is 0 Å². The van der Waals surface area contributed by atoms with Gasteiger partial charge in [0, 0.05) is 49.0 Å². The van der Waals surface area contributed by atoms with E-state index >= 15 is 0 Å². The molecule has 2 N–H and O–H groups in total. The Labute approximate surface area is 228 Å². The first-order valence-electron chi connectivity index (χ1n) is 13.1. The number of methoxy groups -OCH3 is 2. The number of hydrogen-bond acceptors (Lipinski definition) is 8. The predicted octanol–water partition coefficient (Wildman–Crippen LogP) is 6.14. The smallest absolute Gasteiger partial charge is 0.162 e. The Morgan fingerprint density at radius 3 is 2.67 bits per heavy atom. The second kappa shape index (κ2) is 12.1. The van der Waals surface area contributed by atoms with Crippen LogP contribution in [0.3, 0.4) is 0 Å². The summed E-state index contributed by atoms with van der Waals surface area (Å²) in [5.41, 5.74) is 4.63. The van der Waals surface area contributed by atoms with Gasteiger partial charge in [-0.1, -0.05) is 25.5 Å². The molecule has 1 unspecified atom stereocenters. The van der Waals surface area contributed by atoms with Gasteiger partial charge in [0.05, 0.1) is 23.8 Å². The average molecular weight is 527 g/mol. The lowest BCUT2D eigenvalue weighted by Gasteiger charge is -2.18. The van der Waals surface area contributed by atoms with Gasteiger partial charge in [-0.05, 0) is 55.0 Å². The molecule has 202 valence electrons. The summed E-state index contributed by atoms with van der Waals surface area (Å²) < 4.78 is 18.4. The number of aromatic nitrogens is 4. The molecular formula is C30H34N6O3. The number of hydrogen-bond donors (Lipinski definition) is 2. The highest BCUT2D eigenvalue weighted by Crippen LogP contribution is 2.32. The number of ether oxygens (including phenoxy) is 3. The molecule has 0 fully saturated rings. The van der Waals surface area contributed by atoms with E-state index in [0.29, 0.717) is 24.9 Å². The number of rotatable bonds is 12. The molecule has 5 rings (SSSR count). The maximum absolute atomic E-state index is 5.88. The summed E-state index contributed by atoms with van der Waals surface area (Å²) in [7, 11) is 5.31. The predicted molar refractivity (Wildman–Crippen MR) is 156 cm³/mol. The van der Waals surface area contributed by atoms with Crippen molar-refractivity contribution in [2.24, 2.45) is 7.05 Å². The molecule has 9 heteroatoms. The molecule has 2 heterocycles. The lowest BCUT2D eigenvalue weighted by molar-refractivity contribution is 0.117. The third kappa shape index (κ3) is 6.10. The van der Waals surface area contributed by atoms with Crippen molar-refractivity contribution in [2.75, 3.05) is 38.1 Å². The molecule has 0 aliphatic carbocycles. The number of nitrogens with zero attached hydrogens (tertiary/aromatic N) is 4. The largest absolute Gasteiger partial charge is 0.491 e. The Kier molecular flexibility index (Phi) is 8.19. The Bertz CT molecular complexity index is 1570. The highest BCUT2D eigenvalue weighted by molar-refractivity contribution is 5.94. The third-order valence-electron chi connectivity index (χ3n) is 6.52. The van der Waals surface area contributed by atoms with Gasteiger partial charge < -0.3 is 24.8 Å². The number of aryl methyl sites for hydroxylation is 1. The van der Waals surface area contributed by atoms with Crippen molar-refractivity contribution in [3.05, 3.63) is 66.9 Å². The minimum Gasteiger partial charge on any atom is -0.491 e. The Morgan fingerprint density at radius 1 is 0.949 bits per heavy atom. The second-order valence-electron chi connectivity index (χ2n) is 9.32. The van der Waals surface area contributed by atoms with E-state index in [9.17, 15) is 0 Å². The fraction of sp³-hybridized carbons (Fsp3) is 0.300. The summed E-state index contributed by atoms with van der Waals surface area (Å²) in [4.78, 5) is 9.90. The first-order valence-corrected chi connectivity index (χ1v) is 13.1. The molecule has 0 radical (unpaired) electrons. The fourth-order valence-electron chi connectivity index (χ4n) is 4.49. The molecule has 9 nitrogen and oxygen atoms in total. The molecule has 3 aromatic carbocycles. The standard InChI is InChI=1S/C30H34N6O3/c1-5-7-28(38-4)32-22-9-6-8-20(16-22)29-34-26-12-11-24(39-15-14-37-3)18-25(26)30(35-29)33-23-10-13-27-21(17-23)19-31-36(27)2/h6,8-13,16-19,28,32H,5,7,14-15H2,1-4H3,(H,33,34,35). The van der Waals surface area contributed by atoms with Gasteiger partial charge in [-0.2, -0.15) is 5.10 Å². The molecule has 0 aliphatic rings. The summed E-state index contributed by atoms with van der Waals surface area (Å²) in [6.45, 7) is 3.11. The summed E-state index contributed by atoms with van der Waals surface area (Å²) in [6.07, 6.45) is 3.74. The van der Waals surface area contributed by atoms with Gasteiger partial charge in [-0.25, -0.2) is 9.97 Å². The van der Waals surface area contributed by atoms with Crippen LogP contribution >= 0.6 is 0 Å².